The van der Waals surface area contributed by atoms with E-state index in [0.29, 0.717) is 11.5 Å². The van der Waals surface area contributed by atoms with Crippen LogP contribution < -0.4 is 18.5 Å². The lowest BCUT2D eigenvalue weighted by atomic mass is 10.3. The molecule has 0 aliphatic rings. The van der Waals surface area contributed by atoms with Crippen molar-refractivity contribution in [3.05, 3.63) is 48.5 Å². The second kappa shape index (κ2) is 8.28. The first-order chi connectivity index (χ1) is 11.7. The SMILES string of the molecule is CC(C)Oc1cccc(OP(=O)(O)Oc2cccc(OC(C)C)c2)c1. The third-order valence-corrected chi connectivity index (χ3v) is 3.68. The molecule has 2 aromatic carbocycles. The Balaban J connectivity index is 2.08. The summed E-state index contributed by atoms with van der Waals surface area (Å²) in [4.78, 5) is 10.00. The van der Waals surface area contributed by atoms with E-state index in [1.165, 1.54) is 12.1 Å². The van der Waals surface area contributed by atoms with Gasteiger partial charge in [0.15, 0.2) is 0 Å². The second-order valence-corrected chi connectivity index (χ2v) is 7.24. The van der Waals surface area contributed by atoms with Gasteiger partial charge in [0.05, 0.1) is 12.2 Å². The number of benzene rings is 2. The molecular weight excluding hydrogens is 343 g/mol. The lowest BCUT2D eigenvalue weighted by molar-refractivity contribution is 0.240. The van der Waals surface area contributed by atoms with Crippen molar-refractivity contribution >= 4 is 7.82 Å². The van der Waals surface area contributed by atoms with Crippen molar-refractivity contribution in [2.45, 2.75) is 39.9 Å². The summed E-state index contributed by atoms with van der Waals surface area (Å²) in [6.45, 7) is 7.55. The smallest absolute Gasteiger partial charge is 0.491 e. The Morgan fingerprint density at radius 2 is 1.12 bits per heavy atom. The van der Waals surface area contributed by atoms with E-state index < -0.39 is 7.82 Å². The molecule has 1 N–H and O–H groups in total. The number of rotatable bonds is 8. The van der Waals surface area contributed by atoms with E-state index in [1.807, 2.05) is 27.7 Å². The van der Waals surface area contributed by atoms with E-state index in [4.69, 9.17) is 18.5 Å². The number of hydrogen-bond acceptors (Lipinski definition) is 5. The maximum atomic E-state index is 12.2. The summed E-state index contributed by atoms with van der Waals surface area (Å²) >= 11 is 0. The maximum Gasteiger partial charge on any atom is 0.584 e. The summed E-state index contributed by atoms with van der Waals surface area (Å²) in [6.07, 6.45) is -0.0349. The molecule has 0 aliphatic heterocycles. The fourth-order valence-corrected chi connectivity index (χ4v) is 2.84. The maximum absolute atomic E-state index is 12.2. The van der Waals surface area contributed by atoms with Gasteiger partial charge in [0.2, 0.25) is 0 Å². The largest absolute Gasteiger partial charge is 0.584 e. The van der Waals surface area contributed by atoms with E-state index in [9.17, 15) is 9.46 Å². The fraction of sp³-hybridized carbons (Fsp3) is 0.333. The van der Waals surface area contributed by atoms with Crippen LogP contribution in [0.25, 0.3) is 0 Å². The van der Waals surface area contributed by atoms with Crippen molar-refractivity contribution in [3.8, 4) is 23.0 Å². The highest BCUT2D eigenvalue weighted by molar-refractivity contribution is 7.48. The Labute approximate surface area is 147 Å². The zero-order valence-electron chi connectivity index (χ0n) is 14.7. The van der Waals surface area contributed by atoms with Crippen LogP contribution in [0, 0.1) is 0 Å². The Morgan fingerprint density at radius 3 is 1.48 bits per heavy atom. The van der Waals surface area contributed by atoms with Crippen molar-refractivity contribution in [1.29, 1.82) is 0 Å². The number of phosphoric acid groups is 1. The molecule has 6 nitrogen and oxygen atoms in total. The molecule has 0 fully saturated rings. The Morgan fingerprint density at radius 1 is 0.760 bits per heavy atom. The number of ether oxygens (including phenoxy) is 2. The Hall–Kier alpha value is -2.17. The van der Waals surface area contributed by atoms with Gasteiger partial charge in [-0.05, 0) is 52.0 Å². The summed E-state index contributed by atoms with van der Waals surface area (Å²) in [7, 11) is -4.36. The van der Waals surface area contributed by atoms with Gasteiger partial charge in [-0.1, -0.05) is 12.1 Å². The van der Waals surface area contributed by atoms with Crippen molar-refractivity contribution in [2.24, 2.45) is 0 Å². The van der Waals surface area contributed by atoms with Gasteiger partial charge in [-0.25, -0.2) is 4.57 Å². The van der Waals surface area contributed by atoms with Gasteiger partial charge in [0.1, 0.15) is 23.0 Å². The van der Waals surface area contributed by atoms with E-state index in [-0.39, 0.29) is 23.7 Å². The summed E-state index contributed by atoms with van der Waals surface area (Å²) in [6, 6.07) is 13.0. The Kier molecular flexibility index (Phi) is 6.34. The van der Waals surface area contributed by atoms with Crippen LogP contribution in [0.5, 0.6) is 23.0 Å². The molecule has 0 unspecified atom stereocenters. The molecule has 0 saturated carbocycles. The lowest BCUT2D eigenvalue weighted by Crippen LogP contribution is -2.06. The molecule has 0 aromatic heterocycles. The lowest BCUT2D eigenvalue weighted by Gasteiger charge is -2.16. The van der Waals surface area contributed by atoms with Crippen LogP contribution in [0.15, 0.2) is 48.5 Å². The summed E-state index contributed by atoms with van der Waals surface area (Å²) in [5.74, 6) is 1.44. The highest BCUT2D eigenvalue weighted by Crippen LogP contribution is 2.45. The monoisotopic (exact) mass is 366 g/mol. The highest BCUT2D eigenvalue weighted by atomic mass is 31.2. The minimum atomic E-state index is -4.36. The molecule has 2 rings (SSSR count). The zero-order chi connectivity index (χ0) is 18.4. The van der Waals surface area contributed by atoms with Gasteiger partial charge < -0.3 is 18.5 Å². The molecule has 0 atom stereocenters. The molecule has 0 spiro atoms. The van der Waals surface area contributed by atoms with Crippen molar-refractivity contribution in [1.82, 2.24) is 0 Å². The van der Waals surface area contributed by atoms with Crippen LogP contribution in [0.1, 0.15) is 27.7 Å². The molecular formula is C18H23O6P. The molecule has 0 aliphatic carbocycles. The number of phosphoric ester groups is 1. The minimum Gasteiger partial charge on any atom is -0.491 e. The summed E-state index contributed by atoms with van der Waals surface area (Å²) in [5.41, 5.74) is 0. The molecule has 0 heterocycles. The quantitative estimate of drug-likeness (QED) is 0.675. The highest BCUT2D eigenvalue weighted by Gasteiger charge is 2.25. The summed E-state index contributed by atoms with van der Waals surface area (Å²) in [5, 5.41) is 0. The first-order valence-electron chi connectivity index (χ1n) is 7.99. The summed E-state index contributed by atoms with van der Waals surface area (Å²) < 4.78 is 33.5. The van der Waals surface area contributed by atoms with Gasteiger partial charge in [-0.2, -0.15) is 0 Å². The third kappa shape index (κ3) is 6.69. The topological polar surface area (TPSA) is 74.2 Å². The van der Waals surface area contributed by atoms with Crippen molar-refractivity contribution in [3.63, 3.8) is 0 Å². The van der Waals surface area contributed by atoms with Crippen molar-refractivity contribution < 1.29 is 28.0 Å². The van der Waals surface area contributed by atoms with E-state index in [1.54, 1.807) is 36.4 Å². The van der Waals surface area contributed by atoms with Crippen LogP contribution in [0.3, 0.4) is 0 Å². The molecule has 2 aromatic rings. The average Bonchev–Trinajstić information content (AvgIpc) is 2.45. The number of hydrogen-bond donors (Lipinski definition) is 1. The second-order valence-electron chi connectivity index (χ2n) is 5.93. The molecule has 7 heteroatoms. The van der Waals surface area contributed by atoms with E-state index >= 15 is 0 Å². The van der Waals surface area contributed by atoms with E-state index in [2.05, 4.69) is 0 Å². The van der Waals surface area contributed by atoms with Crippen LogP contribution in [0.2, 0.25) is 0 Å². The van der Waals surface area contributed by atoms with Crippen LogP contribution in [-0.2, 0) is 4.57 Å². The molecule has 0 bridgehead atoms. The molecule has 136 valence electrons. The minimum absolute atomic E-state index is 0.0175. The predicted octanol–water partition coefficient (Wildman–Crippen LogP) is 4.82. The Bertz CT molecular complexity index is 684. The normalized spacial score (nSPS) is 11.5. The average molecular weight is 366 g/mol. The fourth-order valence-electron chi connectivity index (χ4n) is 2.04. The predicted molar refractivity (Wildman–Crippen MR) is 95.5 cm³/mol. The van der Waals surface area contributed by atoms with Gasteiger partial charge >= 0.3 is 7.82 Å². The van der Waals surface area contributed by atoms with Gasteiger partial charge in [-0.15, -0.1) is 0 Å². The van der Waals surface area contributed by atoms with Crippen LogP contribution >= 0.6 is 7.82 Å². The zero-order valence-corrected chi connectivity index (χ0v) is 15.6. The van der Waals surface area contributed by atoms with Crippen molar-refractivity contribution in [2.75, 3.05) is 0 Å². The first-order valence-corrected chi connectivity index (χ1v) is 9.48. The van der Waals surface area contributed by atoms with E-state index in [0.717, 1.165) is 0 Å². The van der Waals surface area contributed by atoms with Gasteiger partial charge in [0, 0.05) is 12.1 Å². The molecule has 0 saturated heterocycles. The molecule has 0 radical (unpaired) electrons. The molecule has 25 heavy (non-hydrogen) atoms. The van der Waals surface area contributed by atoms with Gasteiger partial charge in [-0.3, -0.25) is 4.89 Å². The van der Waals surface area contributed by atoms with Gasteiger partial charge in [0.25, 0.3) is 0 Å². The standard InChI is InChI=1S/C18H23O6P/c1-13(2)21-15-7-5-9-17(11-15)23-25(19,20)24-18-10-6-8-16(12-18)22-14(3)4/h5-14H,1-4H3,(H,19,20). The third-order valence-electron chi connectivity index (χ3n) is 2.80. The molecule has 0 amide bonds. The first kappa shape index (κ1) is 19.2. The van der Waals surface area contributed by atoms with Crippen LogP contribution in [-0.4, -0.2) is 17.1 Å². The van der Waals surface area contributed by atoms with Crippen LogP contribution in [0.4, 0.5) is 0 Å².